The average molecular weight is 350 g/mol. The summed E-state index contributed by atoms with van der Waals surface area (Å²) in [6.07, 6.45) is 1.20. The first-order valence-corrected chi connectivity index (χ1v) is 9.14. The predicted molar refractivity (Wildman–Crippen MR) is 106 cm³/mol. The number of fused-ring (bicyclic) bond motifs is 1. The van der Waals surface area contributed by atoms with E-state index in [0.29, 0.717) is 13.0 Å². The van der Waals surface area contributed by atoms with Crippen LogP contribution < -0.4 is 9.80 Å². The van der Waals surface area contributed by atoms with E-state index >= 15 is 0 Å². The SMILES string of the molecule is CC(=O)N(CCC(=O)N1c2ccccc2CC1C)c1c(C)cccc1C. The highest BCUT2D eigenvalue weighted by Gasteiger charge is 2.30. The molecule has 0 spiro atoms. The van der Waals surface area contributed by atoms with Crippen LogP contribution >= 0.6 is 0 Å². The molecule has 4 heteroatoms. The second-order valence-electron chi connectivity index (χ2n) is 7.11. The number of anilines is 2. The Morgan fingerprint density at radius 2 is 1.73 bits per heavy atom. The van der Waals surface area contributed by atoms with Gasteiger partial charge in [-0.15, -0.1) is 0 Å². The number of carbonyl (C=O) groups is 2. The number of hydrogen-bond donors (Lipinski definition) is 0. The van der Waals surface area contributed by atoms with Crippen LogP contribution in [0.1, 0.15) is 37.0 Å². The summed E-state index contributed by atoms with van der Waals surface area (Å²) in [5.41, 5.74) is 5.24. The number of benzene rings is 2. The van der Waals surface area contributed by atoms with Gasteiger partial charge in [0.15, 0.2) is 0 Å². The zero-order valence-corrected chi connectivity index (χ0v) is 16.0. The molecule has 0 bridgehead atoms. The molecular formula is C22H26N2O2. The van der Waals surface area contributed by atoms with Gasteiger partial charge in [-0.05, 0) is 49.9 Å². The van der Waals surface area contributed by atoms with Gasteiger partial charge in [0.1, 0.15) is 0 Å². The van der Waals surface area contributed by atoms with Crippen molar-refractivity contribution in [3.8, 4) is 0 Å². The number of aryl methyl sites for hydroxylation is 2. The second kappa shape index (κ2) is 7.32. The quantitative estimate of drug-likeness (QED) is 0.835. The van der Waals surface area contributed by atoms with Crippen molar-refractivity contribution in [2.45, 2.75) is 46.6 Å². The van der Waals surface area contributed by atoms with Crippen LogP contribution in [0.3, 0.4) is 0 Å². The molecule has 0 saturated carbocycles. The lowest BCUT2D eigenvalue weighted by atomic mass is 10.1. The summed E-state index contributed by atoms with van der Waals surface area (Å²) in [5.74, 6) is 0.0324. The molecule has 0 fully saturated rings. The summed E-state index contributed by atoms with van der Waals surface area (Å²) in [5, 5.41) is 0. The molecule has 1 heterocycles. The highest BCUT2D eigenvalue weighted by Crippen LogP contribution is 2.32. The highest BCUT2D eigenvalue weighted by atomic mass is 16.2. The van der Waals surface area contributed by atoms with Gasteiger partial charge >= 0.3 is 0 Å². The van der Waals surface area contributed by atoms with Gasteiger partial charge in [-0.2, -0.15) is 0 Å². The Kier molecular flexibility index (Phi) is 5.12. The van der Waals surface area contributed by atoms with Crippen LogP contribution in [-0.2, 0) is 16.0 Å². The van der Waals surface area contributed by atoms with Gasteiger partial charge in [0.2, 0.25) is 11.8 Å². The van der Waals surface area contributed by atoms with Crippen LogP contribution in [0.5, 0.6) is 0 Å². The molecule has 26 heavy (non-hydrogen) atoms. The first-order chi connectivity index (χ1) is 12.4. The minimum atomic E-state index is -0.0370. The van der Waals surface area contributed by atoms with Crippen molar-refractivity contribution < 1.29 is 9.59 Å². The fourth-order valence-corrected chi connectivity index (χ4v) is 3.93. The molecule has 1 unspecified atom stereocenters. The fraction of sp³-hybridized carbons (Fsp3) is 0.364. The Balaban J connectivity index is 1.78. The maximum Gasteiger partial charge on any atom is 0.229 e. The third kappa shape index (κ3) is 3.36. The lowest BCUT2D eigenvalue weighted by Gasteiger charge is -2.27. The molecule has 2 aromatic rings. The topological polar surface area (TPSA) is 40.6 Å². The van der Waals surface area contributed by atoms with Crippen molar-refractivity contribution in [3.05, 3.63) is 59.2 Å². The van der Waals surface area contributed by atoms with E-state index in [4.69, 9.17) is 0 Å². The minimum absolute atomic E-state index is 0.0370. The number of hydrogen-bond acceptors (Lipinski definition) is 2. The number of amides is 2. The van der Waals surface area contributed by atoms with E-state index in [9.17, 15) is 9.59 Å². The van der Waals surface area contributed by atoms with Crippen molar-refractivity contribution >= 4 is 23.2 Å². The van der Waals surface area contributed by atoms with Crippen molar-refractivity contribution in [2.75, 3.05) is 16.3 Å². The summed E-state index contributed by atoms with van der Waals surface area (Å²) in [4.78, 5) is 28.8. The molecule has 4 nitrogen and oxygen atoms in total. The molecule has 0 aliphatic carbocycles. The zero-order chi connectivity index (χ0) is 18.8. The number of nitrogens with zero attached hydrogens (tertiary/aromatic N) is 2. The Morgan fingerprint density at radius 3 is 2.38 bits per heavy atom. The van der Waals surface area contributed by atoms with Crippen molar-refractivity contribution in [2.24, 2.45) is 0 Å². The van der Waals surface area contributed by atoms with Gasteiger partial charge in [-0.3, -0.25) is 9.59 Å². The maximum absolute atomic E-state index is 12.9. The third-order valence-corrected chi connectivity index (χ3v) is 5.11. The largest absolute Gasteiger partial charge is 0.312 e. The van der Waals surface area contributed by atoms with Gasteiger partial charge < -0.3 is 9.80 Å². The normalized spacial score (nSPS) is 15.7. The molecule has 1 aliphatic rings. The number of para-hydroxylation sites is 2. The molecule has 3 rings (SSSR count). The molecule has 1 aliphatic heterocycles. The van der Waals surface area contributed by atoms with Crippen LogP contribution in [0, 0.1) is 13.8 Å². The molecule has 2 amide bonds. The lowest BCUT2D eigenvalue weighted by Crippen LogP contribution is -2.39. The van der Waals surface area contributed by atoms with E-state index in [0.717, 1.165) is 28.9 Å². The van der Waals surface area contributed by atoms with E-state index in [1.54, 1.807) is 11.8 Å². The van der Waals surface area contributed by atoms with Crippen LogP contribution in [0.15, 0.2) is 42.5 Å². The van der Waals surface area contributed by atoms with E-state index < -0.39 is 0 Å². The molecule has 136 valence electrons. The predicted octanol–water partition coefficient (Wildman–Crippen LogP) is 4.02. The molecule has 0 aromatic heterocycles. The third-order valence-electron chi connectivity index (χ3n) is 5.11. The number of carbonyl (C=O) groups excluding carboxylic acids is 2. The van der Waals surface area contributed by atoms with Gasteiger partial charge in [0.05, 0.1) is 0 Å². The second-order valence-corrected chi connectivity index (χ2v) is 7.11. The summed E-state index contributed by atoms with van der Waals surface area (Å²) in [6.45, 7) is 8.03. The molecular weight excluding hydrogens is 324 g/mol. The lowest BCUT2D eigenvalue weighted by molar-refractivity contribution is -0.119. The Labute approximate surface area is 155 Å². The fourth-order valence-electron chi connectivity index (χ4n) is 3.93. The molecule has 0 saturated heterocycles. The molecule has 0 radical (unpaired) electrons. The van der Waals surface area contributed by atoms with E-state index in [1.165, 1.54) is 5.56 Å². The smallest absolute Gasteiger partial charge is 0.229 e. The van der Waals surface area contributed by atoms with E-state index in [-0.39, 0.29) is 17.9 Å². The van der Waals surface area contributed by atoms with Crippen LogP contribution in [0.4, 0.5) is 11.4 Å². The van der Waals surface area contributed by atoms with E-state index in [2.05, 4.69) is 13.0 Å². The Morgan fingerprint density at radius 1 is 1.08 bits per heavy atom. The summed E-state index contributed by atoms with van der Waals surface area (Å²) in [6, 6.07) is 14.2. The van der Waals surface area contributed by atoms with Crippen LogP contribution in [0.2, 0.25) is 0 Å². The molecule has 1 atom stereocenters. The Bertz CT molecular complexity index is 824. The first-order valence-electron chi connectivity index (χ1n) is 9.14. The first kappa shape index (κ1) is 18.2. The average Bonchev–Trinajstić information content (AvgIpc) is 2.92. The van der Waals surface area contributed by atoms with Gasteiger partial charge in [0.25, 0.3) is 0 Å². The highest BCUT2D eigenvalue weighted by molar-refractivity contribution is 5.98. The minimum Gasteiger partial charge on any atom is -0.312 e. The van der Waals surface area contributed by atoms with Crippen molar-refractivity contribution in [1.29, 1.82) is 0 Å². The van der Waals surface area contributed by atoms with Crippen LogP contribution in [-0.4, -0.2) is 24.4 Å². The number of rotatable bonds is 4. The van der Waals surface area contributed by atoms with Crippen molar-refractivity contribution in [1.82, 2.24) is 0 Å². The Hall–Kier alpha value is -2.62. The van der Waals surface area contributed by atoms with Crippen LogP contribution in [0.25, 0.3) is 0 Å². The van der Waals surface area contributed by atoms with Gasteiger partial charge in [-0.25, -0.2) is 0 Å². The summed E-state index contributed by atoms with van der Waals surface area (Å²) >= 11 is 0. The standard InChI is InChI=1S/C22H26N2O2/c1-15-8-7-9-16(2)22(15)23(18(4)25)13-12-21(26)24-17(3)14-19-10-5-6-11-20(19)24/h5-11,17H,12-14H2,1-4H3. The zero-order valence-electron chi connectivity index (χ0n) is 16.0. The summed E-state index contributed by atoms with van der Waals surface area (Å²) in [7, 11) is 0. The van der Waals surface area contributed by atoms with Gasteiger partial charge in [0, 0.05) is 37.3 Å². The summed E-state index contributed by atoms with van der Waals surface area (Å²) < 4.78 is 0. The monoisotopic (exact) mass is 350 g/mol. The van der Waals surface area contributed by atoms with E-state index in [1.807, 2.05) is 55.1 Å². The molecule has 0 N–H and O–H groups in total. The van der Waals surface area contributed by atoms with Gasteiger partial charge in [-0.1, -0.05) is 36.4 Å². The molecule has 2 aromatic carbocycles. The van der Waals surface area contributed by atoms with Crippen molar-refractivity contribution in [3.63, 3.8) is 0 Å². The maximum atomic E-state index is 12.9.